The van der Waals surface area contributed by atoms with E-state index in [1.807, 2.05) is 6.92 Å². The van der Waals surface area contributed by atoms with Crippen LogP contribution in [0.5, 0.6) is 0 Å². The Hall–Kier alpha value is -0.500. The van der Waals surface area contributed by atoms with Crippen molar-refractivity contribution in [3.8, 4) is 0 Å². The quantitative estimate of drug-likeness (QED) is 0.728. The van der Waals surface area contributed by atoms with Gasteiger partial charge in [-0.3, -0.25) is 0 Å². The smallest absolute Gasteiger partial charge is 0.0311 e. The molecule has 0 spiro atoms. The zero-order chi connectivity index (χ0) is 10.8. The van der Waals surface area contributed by atoms with Crippen LogP contribution in [-0.4, -0.2) is 23.5 Å². The van der Waals surface area contributed by atoms with Gasteiger partial charge in [0.25, 0.3) is 0 Å². The maximum absolute atomic E-state index is 5.83. The Bertz CT molecular complexity index is 177. The molecule has 0 fully saturated rings. The second-order valence-electron chi connectivity index (χ2n) is 4.87. The van der Waals surface area contributed by atoms with Gasteiger partial charge in [0.2, 0.25) is 0 Å². The molecule has 0 aromatic rings. The summed E-state index contributed by atoms with van der Waals surface area (Å²) in [5.74, 6) is 0.337. The lowest BCUT2D eigenvalue weighted by Crippen LogP contribution is -2.41. The maximum Gasteiger partial charge on any atom is 0.0311 e. The highest BCUT2D eigenvalue weighted by molar-refractivity contribution is 5.03. The molecule has 0 aliphatic carbocycles. The van der Waals surface area contributed by atoms with Gasteiger partial charge in [0.05, 0.1) is 0 Å². The topological polar surface area (TPSA) is 29.3 Å². The Morgan fingerprint density at radius 2 is 1.69 bits per heavy atom. The largest absolute Gasteiger partial charge is 0.373 e. The van der Waals surface area contributed by atoms with E-state index >= 15 is 0 Å². The van der Waals surface area contributed by atoms with Gasteiger partial charge in [-0.05, 0) is 27.7 Å². The first-order valence-corrected chi connectivity index (χ1v) is 4.86. The van der Waals surface area contributed by atoms with E-state index in [1.54, 1.807) is 0 Å². The fourth-order valence-corrected chi connectivity index (χ4v) is 1.04. The fourth-order valence-electron chi connectivity index (χ4n) is 1.04. The van der Waals surface area contributed by atoms with E-state index < -0.39 is 0 Å². The molecule has 2 heteroatoms. The van der Waals surface area contributed by atoms with Crippen molar-refractivity contribution < 1.29 is 0 Å². The second kappa shape index (κ2) is 4.14. The molecule has 0 saturated heterocycles. The average molecular weight is 184 g/mol. The van der Waals surface area contributed by atoms with E-state index in [4.69, 9.17) is 5.73 Å². The van der Waals surface area contributed by atoms with E-state index in [1.165, 1.54) is 0 Å². The second-order valence-corrected chi connectivity index (χ2v) is 4.87. The van der Waals surface area contributed by atoms with Crippen molar-refractivity contribution in [2.75, 3.05) is 7.05 Å². The Kier molecular flexibility index (Phi) is 3.98. The summed E-state index contributed by atoms with van der Waals surface area (Å²) < 4.78 is 0. The Labute approximate surface area is 82.8 Å². The summed E-state index contributed by atoms with van der Waals surface area (Å²) in [6, 6.07) is 0.164. The van der Waals surface area contributed by atoms with Crippen LogP contribution in [-0.2, 0) is 0 Å². The average Bonchev–Trinajstić information content (AvgIpc) is 1.98. The first-order valence-electron chi connectivity index (χ1n) is 4.86. The molecule has 13 heavy (non-hydrogen) atoms. The summed E-state index contributed by atoms with van der Waals surface area (Å²) in [5, 5.41) is 0. The van der Waals surface area contributed by atoms with Gasteiger partial charge in [-0.1, -0.05) is 13.5 Å². The Morgan fingerprint density at radius 3 is 1.92 bits per heavy atom. The molecule has 0 aliphatic heterocycles. The zero-order valence-corrected chi connectivity index (χ0v) is 9.89. The molecular weight excluding hydrogens is 160 g/mol. The standard InChI is InChI=1S/C11H24N2/c1-8(9(2)12)10(3)13(7)11(4,5)6/h8-9H,3,12H2,1-2,4-7H3. The lowest BCUT2D eigenvalue weighted by Gasteiger charge is -2.38. The number of nitrogens with zero attached hydrogens (tertiary/aromatic N) is 1. The van der Waals surface area contributed by atoms with Crippen LogP contribution in [0.3, 0.4) is 0 Å². The van der Waals surface area contributed by atoms with Gasteiger partial charge < -0.3 is 10.6 Å². The van der Waals surface area contributed by atoms with Gasteiger partial charge in [0.15, 0.2) is 0 Å². The zero-order valence-electron chi connectivity index (χ0n) is 9.89. The third kappa shape index (κ3) is 3.39. The number of nitrogens with two attached hydrogens (primary N) is 1. The van der Waals surface area contributed by atoms with E-state index in [0.717, 1.165) is 5.70 Å². The highest BCUT2D eigenvalue weighted by atomic mass is 15.2. The third-order valence-corrected chi connectivity index (χ3v) is 2.75. The summed E-state index contributed by atoms with van der Waals surface area (Å²) >= 11 is 0. The lowest BCUT2D eigenvalue weighted by atomic mass is 9.97. The summed E-state index contributed by atoms with van der Waals surface area (Å²) in [6.45, 7) is 14.7. The highest BCUT2D eigenvalue weighted by Gasteiger charge is 2.22. The molecule has 0 aliphatic rings. The highest BCUT2D eigenvalue weighted by Crippen LogP contribution is 2.22. The fraction of sp³-hybridized carbons (Fsp3) is 0.818. The van der Waals surface area contributed by atoms with Crippen LogP contribution in [0.15, 0.2) is 12.3 Å². The molecule has 0 amide bonds. The molecule has 2 N–H and O–H groups in total. The van der Waals surface area contributed by atoms with Crippen molar-refractivity contribution in [2.45, 2.75) is 46.2 Å². The van der Waals surface area contributed by atoms with Crippen molar-refractivity contribution in [2.24, 2.45) is 11.7 Å². The van der Waals surface area contributed by atoms with Crippen molar-refractivity contribution >= 4 is 0 Å². The first-order chi connectivity index (χ1) is 5.68. The van der Waals surface area contributed by atoms with Crippen LogP contribution < -0.4 is 5.73 Å². The molecule has 2 nitrogen and oxygen atoms in total. The van der Waals surface area contributed by atoms with Crippen molar-refractivity contribution in [3.63, 3.8) is 0 Å². The van der Waals surface area contributed by atoms with Gasteiger partial charge in [0.1, 0.15) is 0 Å². The van der Waals surface area contributed by atoms with Crippen molar-refractivity contribution in [1.29, 1.82) is 0 Å². The molecule has 2 atom stereocenters. The molecule has 0 heterocycles. The molecular formula is C11H24N2. The normalized spacial score (nSPS) is 16.5. The molecule has 0 radical (unpaired) electrons. The van der Waals surface area contributed by atoms with Gasteiger partial charge in [0, 0.05) is 30.2 Å². The number of hydrogen-bond acceptors (Lipinski definition) is 2. The van der Waals surface area contributed by atoms with E-state index in [-0.39, 0.29) is 11.6 Å². The Morgan fingerprint density at radius 1 is 1.31 bits per heavy atom. The molecule has 0 saturated carbocycles. The van der Waals surface area contributed by atoms with Crippen molar-refractivity contribution in [1.82, 2.24) is 4.90 Å². The monoisotopic (exact) mass is 184 g/mol. The Balaban J connectivity index is 4.44. The van der Waals surface area contributed by atoms with Gasteiger partial charge in [-0.2, -0.15) is 0 Å². The van der Waals surface area contributed by atoms with Gasteiger partial charge >= 0.3 is 0 Å². The van der Waals surface area contributed by atoms with E-state index in [0.29, 0.717) is 5.92 Å². The van der Waals surface area contributed by atoms with Crippen molar-refractivity contribution in [3.05, 3.63) is 12.3 Å². The van der Waals surface area contributed by atoms with Crippen LogP contribution in [0.4, 0.5) is 0 Å². The number of rotatable bonds is 3. The summed E-state index contributed by atoms with van der Waals surface area (Å²) in [5.41, 5.74) is 7.07. The van der Waals surface area contributed by atoms with Crippen LogP contribution in [0.2, 0.25) is 0 Å². The molecule has 0 aromatic heterocycles. The molecule has 2 unspecified atom stereocenters. The van der Waals surface area contributed by atoms with Crippen LogP contribution in [0.25, 0.3) is 0 Å². The molecule has 0 aromatic carbocycles. The third-order valence-electron chi connectivity index (χ3n) is 2.75. The van der Waals surface area contributed by atoms with Gasteiger partial charge in [-0.25, -0.2) is 0 Å². The van der Waals surface area contributed by atoms with Crippen LogP contribution in [0, 0.1) is 5.92 Å². The van der Waals surface area contributed by atoms with Crippen LogP contribution >= 0.6 is 0 Å². The minimum atomic E-state index is 0.125. The number of hydrogen-bond donors (Lipinski definition) is 1. The SMILES string of the molecule is C=C(C(C)C(C)N)N(C)C(C)(C)C. The van der Waals surface area contributed by atoms with E-state index in [9.17, 15) is 0 Å². The minimum absolute atomic E-state index is 0.125. The summed E-state index contributed by atoms with van der Waals surface area (Å²) in [4.78, 5) is 2.20. The predicted octanol–water partition coefficient (Wildman–Crippen LogP) is 2.21. The molecule has 0 rings (SSSR count). The molecule has 0 bridgehead atoms. The molecule has 78 valence electrons. The van der Waals surface area contributed by atoms with Crippen LogP contribution in [0.1, 0.15) is 34.6 Å². The maximum atomic E-state index is 5.83. The predicted molar refractivity (Wildman–Crippen MR) is 59.5 cm³/mol. The van der Waals surface area contributed by atoms with E-state index in [2.05, 4.69) is 46.2 Å². The van der Waals surface area contributed by atoms with Gasteiger partial charge in [-0.15, -0.1) is 0 Å². The lowest BCUT2D eigenvalue weighted by molar-refractivity contribution is 0.202. The summed E-state index contributed by atoms with van der Waals surface area (Å²) in [7, 11) is 2.07. The minimum Gasteiger partial charge on any atom is -0.373 e. The first kappa shape index (κ1) is 12.5. The summed E-state index contributed by atoms with van der Waals surface area (Å²) in [6.07, 6.45) is 0.